The molecule has 0 aromatic heterocycles. The number of hydrogen-bond donors (Lipinski definition) is 0. The molecule has 0 saturated heterocycles. The zero-order chi connectivity index (χ0) is 41.4. The van der Waals surface area contributed by atoms with Gasteiger partial charge in [0.15, 0.2) is 0 Å². The summed E-state index contributed by atoms with van der Waals surface area (Å²) in [5.74, 6) is 0. The molecule has 0 unspecified atom stereocenters. The molecule has 0 atom stereocenters. The molecule has 0 N–H and O–H groups in total. The van der Waals surface area contributed by atoms with Gasteiger partial charge >= 0.3 is 0 Å². The van der Waals surface area contributed by atoms with E-state index in [2.05, 4.69) is 258 Å². The molecule has 0 bridgehead atoms. The highest BCUT2D eigenvalue weighted by Crippen LogP contribution is 2.48. The Balaban J connectivity index is 1.35. The first-order valence-electron chi connectivity index (χ1n) is 21.1. The number of para-hydroxylation sites is 2. The van der Waals surface area contributed by atoms with Gasteiger partial charge in [-0.25, -0.2) is 0 Å². The molecule has 0 aliphatic carbocycles. The highest BCUT2D eigenvalue weighted by Gasteiger charge is 2.24. The minimum atomic E-state index is 0.00999. The normalized spacial score (nSPS) is 11.8. The summed E-state index contributed by atoms with van der Waals surface area (Å²) in [7, 11) is 0. The van der Waals surface area contributed by atoms with E-state index >= 15 is 0 Å². The molecule has 0 aliphatic heterocycles. The van der Waals surface area contributed by atoms with Crippen LogP contribution in [0.4, 0.5) is 34.1 Å². The third-order valence-electron chi connectivity index (χ3n) is 11.7. The van der Waals surface area contributed by atoms with Crippen LogP contribution < -0.4 is 9.80 Å². The highest BCUT2D eigenvalue weighted by atomic mass is 15.1. The summed E-state index contributed by atoms with van der Waals surface area (Å²) < 4.78 is 0. The van der Waals surface area contributed by atoms with E-state index in [9.17, 15) is 0 Å². The van der Waals surface area contributed by atoms with Crippen molar-refractivity contribution in [3.8, 4) is 22.3 Å². The Bertz CT molecular complexity index is 2720. The van der Waals surface area contributed by atoms with E-state index in [4.69, 9.17) is 0 Å². The van der Waals surface area contributed by atoms with Crippen LogP contribution in [0.25, 0.3) is 43.8 Å². The standard InChI is InChI=1S/C58H52N2/c1-57(2,3)43-25-19-31-47(37-43)59(45-27-15-9-16-28-45)49-33-35-51-53(39-49)55(41-21-11-7-12-22-41)52-36-34-50(40-54(52)56(51)42-23-13-8-14-24-42)60(46-29-17-10-18-30-46)48-32-20-26-44(38-48)58(4,5)6/h7-40H,1-6H3. The van der Waals surface area contributed by atoms with Gasteiger partial charge in [-0.15, -0.1) is 0 Å². The van der Waals surface area contributed by atoms with Gasteiger partial charge in [0.05, 0.1) is 0 Å². The van der Waals surface area contributed by atoms with E-state index in [0.29, 0.717) is 0 Å². The lowest BCUT2D eigenvalue weighted by Gasteiger charge is -2.29. The van der Waals surface area contributed by atoms with E-state index < -0.39 is 0 Å². The van der Waals surface area contributed by atoms with Crippen LogP contribution in [0.2, 0.25) is 0 Å². The van der Waals surface area contributed by atoms with Crippen LogP contribution in [-0.4, -0.2) is 0 Å². The summed E-state index contributed by atoms with van der Waals surface area (Å²) in [6, 6.07) is 75.6. The van der Waals surface area contributed by atoms with Crippen molar-refractivity contribution < 1.29 is 0 Å². The Hall–Kier alpha value is -6.90. The molecule has 0 aliphatic rings. The van der Waals surface area contributed by atoms with Crippen molar-refractivity contribution in [2.75, 3.05) is 9.80 Å². The van der Waals surface area contributed by atoms with Crippen molar-refractivity contribution in [1.82, 2.24) is 0 Å². The van der Waals surface area contributed by atoms with Gasteiger partial charge in [0.1, 0.15) is 0 Å². The van der Waals surface area contributed by atoms with Gasteiger partial charge < -0.3 is 9.80 Å². The Kier molecular flexibility index (Phi) is 10.1. The van der Waals surface area contributed by atoms with Crippen molar-refractivity contribution in [3.05, 3.63) is 217 Å². The fourth-order valence-electron chi connectivity index (χ4n) is 8.59. The van der Waals surface area contributed by atoms with E-state index in [0.717, 1.165) is 34.1 Å². The van der Waals surface area contributed by atoms with E-state index in [1.54, 1.807) is 0 Å². The van der Waals surface area contributed by atoms with Gasteiger partial charge in [0.2, 0.25) is 0 Å². The predicted octanol–water partition coefficient (Wildman–Crippen LogP) is 16.9. The number of rotatable bonds is 8. The largest absolute Gasteiger partial charge is 0.310 e. The maximum Gasteiger partial charge on any atom is 0.0468 e. The SMILES string of the molecule is CC(C)(C)c1cccc(N(c2ccccc2)c2ccc3c(-c4ccccc4)c4cc(N(c5ccccc5)c5cccc(C(C)(C)C)c5)ccc4c(-c4ccccc4)c3c2)c1. The Morgan fingerprint density at radius 2 is 0.583 bits per heavy atom. The van der Waals surface area contributed by atoms with Crippen molar-refractivity contribution in [2.45, 2.75) is 52.4 Å². The lowest BCUT2D eigenvalue weighted by Crippen LogP contribution is -2.14. The molecule has 0 saturated carbocycles. The molecular weight excluding hydrogens is 725 g/mol. The second-order valence-corrected chi connectivity index (χ2v) is 17.9. The van der Waals surface area contributed by atoms with E-state index in [1.807, 2.05) is 0 Å². The Morgan fingerprint density at radius 3 is 0.933 bits per heavy atom. The molecule has 0 amide bonds. The number of nitrogens with zero attached hydrogens (tertiary/aromatic N) is 2. The lowest BCUT2D eigenvalue weighted by atomic mass is 9.85. The average molecular weight is 777 g/mol. The number of fused-ring (bicyclic) bond motifs is 2. The topological polar surface area (TPSA) is 6.48 Å². The maximum atomic E-state index is 2.42. The fourth-order valence-corrected chi connectivity index (χ4v) is 8.59. The minimum Gasteiger partial charge on any atom is -0.310 e. The highest BCUT2D eigenvalue weighted by molar-refractivity contribution is 6.22. The minimum absolute atomic E-state index is 0.00999. The number of benzene rings is 9. The maximum absolute atomic E-state index is 2.42. The van der Waals surface area contributed by atoms with Crippen LogP contribution in [0.5, 0.6) is 0 Å². The van der Waals surface area contributed by atoms with Gasteiger partial charge in [-0.3, -0.25) is 0 Å². The predicted molar refractivity (Wildman–Crippen MR) is 259 cm³/mol. The van der Waals surface area contributed by atoms with Crippen LogP contribution in [0, 0.1) is 0 Å². The van der Waals surface area contributed by atoms with Crippen molar-refractivity contribution >= 4 is 55.7 Å². The molecule has 2 nitrogen and oxygen atoms in total. The summed E-state index contributed by atoms with van der Waals surface area (Å²) >= 11 is 0. The van der Waals surface area contributed by atoms with Gasteiger partial charge in [-0.1, -0.05) is 175 Å². The van der Waals surface area contributed by atoms with Crippen LogP contribution >= 0.6 is 0 Å². The molecule has 60 heavy (non-hydrogen) atoms. The van der Waals surface area contributed by atoms with Gasteiger partial charge in [0.25, 0.3) is 0 Å². The summed E-state index contributed by atoms with van der Waals surface area (Å²) in [4.78, 5) is 4.81. The van der Waals surface area contributed by atoms with Crippen molar-refractivity contribution in [3.63, 3.8) is 0 Å². The summed E-state index contributed by atoms with van der Waals surface area (Å²) in [6.07, 6.45) is 0. The van der Waals surface area contributed by atoms with Crippen LogP contribution in [0.1, 0.15) is 52.7 Å². The molecule has 0 fully saturated rings. The Morgan fingerprint density at radius 1 is 0.267 bits per heavy atom. The summed E-state index contributed by atoms with van der Waals surface area (Å²) in [5, 5.41) is 4.85. The quantitative estimate of drug-likeness (QED) is 0.142. The molecule has 0 heterocycles. The summed E-state index contributed by atoms with van der Waals surface area (Å²) in [5.41, 5.74) is 14.2. The smallest absolute Gasteiger partial charge is 0.0468 e. The first kappa shape index (κ1) is 38.6. The van der Waals surface area contributed by atoms with Crippen molar-refractivity contribution in [1.29, 1.82) is 0 Å². The van der Waals surface area contributed by atoms with Crippen LogP contribution in [0.15, 0.2) is 206 Å². The molecule has 9 rings (SSSR count). The average Bonchev–Trinajstić information content (AvgIpc) is 3.27. The van der Waals surface area contributed by atoms with Crippen LogP contribution in [0.3, 0.4) is 0 Å². The molecule has 0 spiro atoms. The fraction of sp³-hybridized carbons (Fsp3) is 0.138. The molecule has 294 valence electrons. The third kappa shape index (κ3) is 7.46. The molecular formula is C58H52N2. The molecule has 2 heteroatoms. The third-order valence-corrected chi connectivity index (χ3v) is 11.7. The van der Waals surface area contributed by atoms with E-state index in [-0.39, 0.29) is 10.8 Å². The lowest BCUT2D eigenvalue weighted by molar-refractivity contribution is 0.590. The zero-order valence-corrected chi connectivity index (χ0v) is 35.5. The monoisotopic (exact) mass is 776 g/mol. The Labute approximate surface area is 356 Å². The number of hydrogen-bond acceptors (Lipinski definition) is 2. The van der Waals surface area contributed by atoms with Gasteiger partial charge in [0, 0.05) is 34.1 Å². The first-order chi connectivity index (χ1) is 29.0. The second kappa shape index (κ2) is 15.7. The number of anilines is 6. The van der Waals surface area contributed by atoms with Gasteiger partial charge in [-0.2, -0.15) is 0 Å². The van der Waals surface area contributed by atoms with Crippen molar-refractivity contribution in [2.24, 2.45) is 0 Å². The van der Waals surface area contributed by atoms with Crippen LogP contribution in [-0.2, 0) is 10.8 Å². The molecule has 9 aromatic carbocycles. The summed E-state index contributed by atoms with van der Waals surface area (Å²) in [6.45, 7) is 13.7. The first-order valence-corrected chi connectivity index (χ1v) is 21.1. The van der Waals surface area contributed by atoms with E-state index in [1.165, 1.54) is 54.9 Å². The molecule has 9 aromatic rings. The zero-order valence-electron chi connectivity index (χ0n) is 35.5. The van der Waals surface area contributed by atoms with Gasteiger partial charge in [-0.05, 0) is 139 Å². The second-order valence-electron chi connectivity index (χ2n) is 17.9. The molecule has 0 radical (unpaired) electrons.